The normalized spacial score (nSPS) is 21.1. The van der Waals surface area contributed by atoms with E-state index in [1.807, 2.05) is 0 Å². The highest BCUT2D eigenvalue weighted by Gasteiger charge is 2.35. The van der Waals surface area contributed by atoms with Gasteiger partial charge in [-0.15, -0.1) is 0 Å². The maximum Gasteiger partial charge on any atom is 0.416 e. The Morgan fingerprint density at radius 1 is 1.15 bits per heavy atom. The summed E-state index contributed by atoms with van der Waals surface area (Å²) in [5.74, 6) is -1.20. The van der Waals surface area contributed by atoms with Gasteiger partial charge in [-0.1, -0.05) is 24.3 Å². The summed E-state index contributed by atoms with van der Waals surface area (Å²) >= 11 is 0. The molecule has 2 N–H and O–H groups in total. The van der Waals surface area contributed by atoms with Crippen LogP contribution in [0.25, 0.3) is 0 Å². The fourth-order valence-electron chi connectivity index (χ4n) is 3.40. The van der Waals surface area contributed by atoms with Crippen LogP contribution in [0.2, 0.25) is 0 Å². The molecule has 1 heterocycles. The molecular formula is C20H20F4N2O. The highest BCUT2D eigenvalue weighted by atomic mass is 19.4. The van der Waals surface area contributed by atoms with Crippen molar-refractivity contribution in [3.05, 3.63) is 71.0 Å². The van der Waals surface area contributed by atoms with Crippen LogP contribution < -0.4 is 10.6 Å². The predicted molar refractivity (Wildman–Crippen MR) is 93.5 cm³/mol. The fraction of sp³-hybridized carbons (Fsp3) is 0.350. The molecule has 0 aromatic heterocycles. The second-order valence-corrected chi connectivity index (χ2v) is 6.78. The third-order valence-electron chi connectivity index (χ3n) is 4.92. The lowest BCUT2D eigenvalue weighted by molar-refractivity contribution is -0.137. The van der Waals surface area contributed by atoms with Gasteiger partial charge in [0.2, 0.25) is 5.91 Å². The Kier molecular flexibility index (Phi) is 5.51. The van der Waals surface area contributed by atoms with Gasteiger partial charge >= 0.3 is 6.18 Å². The molecule has 144 valence electrons. The molecule has 0 radical (unpaired) electrons. The van der Waals surface area contributed by atoms with Crippen LogP contribution in [0.15, 0.2) is 48.5 Å². The van der Waals surface area contributed by atoms with Gasteiger partial charge in [-0.25, -0.2) is 4.39 Å². The molecule has 1 aliphatic heterocycles. The summed E-state index contributed by atoms with van der Waals surface area (Å²) in [5.41, 5.74) is 0.630. The van der Waals surface area contributed by atoms with Gasteiger partial charge in [-0.05, 0) is 42.3 Å². The second kappa shape index (κ2) is 7.68. The van der Waals surface area contributed by atoms with Crippen molar-refractivity contribution in [1.29, 1.82) is 0 Å². The molecule has 3 nitrogen and oxygen atoms in total. The summed E-state index contributed by atoms with van der Waals surface area (Å²) < 4.78 is 51.6. The van der Waals surface area contributed by atoms with Crippen LogP contribution in [-0.4, -0.2) is 19.0 Å². The molecule has 0 spiro atoms. The van der Waals surface area contributed by atoms with E-state index in [-0.39, 0.29) is 23.7 Å². The van der Waals surface area contributed by atoms with Crippen molar-refractivity contribution in [3.8, 4) is 0 Å². The van der Waals surface area contributed by atoms with Crippen molar-refractivity contribution in [2.75, 3.05) is 13.1 Å². The first kappa shape index (κ1) is 19.4. The smallest absolute Gasteiger partial charge is 0.349 e. The van der Waals surface area contributed by atoms with Crippen LogP contribution in [0, 0.1) is 11.7 Å². The summed E-state index contributed by atoms with van der Waals surface area (Å²) in [7, 11) is 0. The van der Waals surface area contributed by atoms with Gasteiger partial charge in [0.15, 0.2) is 0 Å². The van der Waals surface area contributed by atoms with E-state index < -0.39 is 17.7 Å². The minimum Gasteiger partial charge on any atom is -0.349 e. The first-order valence-electron chi connectivity index (χ1n) is 8.69. The van der Waals surface area contributed by atoms with Gasteiger partial charge in [-0.3, -0.25) is 4.79 Å². The number of hydrogen-bond donors (Lipinski definition) is 2. The van der Waals surface area contributed by atoms with E-state index in [1.54, 1.807) is 19.1 Å². The van der Waals surface area contributed by atoms with Gasteiger partial charge < -0.3 is 10.6 Å². The Bertz CT molecular complexity index is 804. The van der Waals surface area contributed by atoms with Gasteiger partial charge in [0.05, 0.1) is 17.5 Å². The fourth-order valence-corrected chi connectivity index (χ4v) is 3.40. The zero-order valence-corrected chi connectivity index (χ0v) is 14.7. The maximum atomic E-state index is 13.4. The van der Waals surface area contributed by atoms with Crippen molar-refractivity contribution < 1.29 is 22.4 Å². The van der Waals surface area contributed by atoms with Crippen LogP contribution in [-0.2, 0) is 11.0 Å². The lowest BCUT2D eigenvalue weighted by Crippen LogP contribution is -2.36. The molecule has 1 amide bonds. The van der Waals surface area contributed by atoms with E-state index in [0.29, 0.717) is 24.2 Å². The monoisotopic (exact) mass is 380 g/mol. The molecule has 7 heteroatoms. The largest absolute Gasteiger partial charge is 0.416 e. The lowest BCUT2D eigenvalue weighted by atomic mass is 9.87. The first-order valence-corrected chi connectivity index (χ1v) is 8.69. The van der Waals surface area contributed by atoms with Gasteiger partial charge in [0.1, 0.15) is 5.82 Å². The minimum absolute atomic E-state index is 0.207. The number of halogens is 4. The molecule has 3 rings (SSSR count). The van der Waals surface area contributed by atoms with Gasteiger partial charge in [0, 0.05) is 19.0 Å². The van der Waals surface area contributed by atoms with Crippen molar-refractivity contribution in [2.24, 2.45) is 5.92 Å². The Hall–Kier alpha value is -2.41. The molecule has 0 bridgehead atoms. The molecule has 27 heavy (non-hydrogen) atoms. The molecule has 0 saturated carbocycles. The number of nitrogens with one attached hydrogen (secondary N) is 2. The van der Waals surface area contributed by atoms with Gasteiger partial charge in [0.25, 0.3) is 0 Å². The van der Waals surface area contributed by atoms with E-state index in [2.05, 4.69) is 10.6 Å². The first-order chi connectivity index (χ1) is 12.8. The van der Waals surface area contributed by atoms with E-state index in [9.17, 15) is 22.4 Å². The molecule has 0 aliphatic carbocycles. The predicted octanol–water partition coefficient (Wildman–Crippen LogP) is 4.02. The molecule has 0 unspecified atom stereocenters. The molecule has 1 aliphatic rings. The lowest BCUT2D eigenvalue weighted by Gasteiger charge is -2.22. The van der Waals surface area contributed by atoms with E-state index in [0.717, 1.165) is 12.1 Å². The van der Waals surface area contributed by atoms with Crippen molar-refractivity contribution in [3.63, 3.8) is 0 Å². The summed E-state index contributed by atoms with van der Waals surface area (Å²) in [5, 5.41) is 6.00. The Morgan fingerprint density at radius 3 is 2.48 bits per heavy atom. The zero-order chi connectivity index (χ0) is 19.6. The topological polar surface area (TPSA) is 41.1 Å². The summed E-state index contributed by atoms with van der Waals surface area (Å²) in [4.78, 5) is 12.7. The summed E-state index contributed by atoms with van der Waals surface area (Å²) in [6.45, 7) is 2.72. The Morgan fingerprint density at radius 2 is 1.85 bits per heavy atom. The van der Waals surface area contributed by atoms with Crippen LogP contribution in [0.4, 0.5) is 17.6 Å². The van der Waals surface area contributed by atoms with Gasteiger partial charge in [-0.2, -0.15) is 13.2 Å². The standard InChI is InChI=1S/C20H20F4N2O/c1-12(14-3-2-4-16(21)9-14)26-19(27)18-11-25-10-17(18)13-5-7-15(8-6-13)20(22,23)24/h2-9,12,17-18,25H,10-11H2,1H3,(H,26,27)/t12-,17-,18+/m0/s1. The van der Waals surface area contributed by atoms with E-state index in [1.165, 1.54) is 24.3 Å². The average Bonchev–Trinajstić information content (AvgIpc) is 3.11. The number of amides is 1. The third kappa shape index (κ3) is 4.47. The maximum absolute atomic E-state index is 13.4. The van der Waals surface area contributed by atoms with E-state index in [4.69, 9.17) is 0 Å². The average molecular weight is 380 g/mol. The number of benzene rings is 2. The highest BCUT2D eigenvalue weighted by molar-refractivity contribution is 5.81. The second-order valence-electron chi connectivity index (χ2n) is 6.78. The molecule has 3 atom stereocenters. The summed E-state index contributed by atoms with van der Waals surface area (Å²) in [6.07, 6.45) is -4.39. The Labute approximate surface area is 154 Å². The number of carbonyl (C=O) groups excluding carboxylic acids is 1. The third-order valence-corrected chi connectivity index (χ3v) is 4.92. The van der Waals surface area contributed by atoms with Crippen LogP contribution in [0.3, 0.4) is 0 Å². The SMILES string of the molecule is C[C@H](NC(=O)[C@@H]1CNC[C@H]1c1ccc(C(F)(F)F)cc1)c1cccc(F)c1. The van der Waals surface area contributed by atoms with Crippen LogP contribution in [0.5, 0.6) is 0 Å². The molecular weight excluding hydrogens is 360 g/mol. The summed E-state index contributed by atoms with van der Waals surface area (Å²) in [6, 6.07) is 10.6. The highest BCUT2D eigenvalue weighted by Crippen LogP contribution is 2.33. The number of rotatable bonds is 4. The quantitative estimate of drug-likeness (QED) is 0.787. The molecule has 1 saturated heterocycles. The zero-order valence-electron chi connectivity index (χ0n) is 14.7. The van der Waals surface area contributed by atoms with Crippen LogP contribution in [0.1, 0.15) is 35.6 Å². The number of carbonyl (C=O) groups is 1. The molecule has 2 aromatic rings. The van der Waals surface area contributed by atoms with Crippen LogP contribution >= 0.6 is 0 Å². The minimum atomic E-state index is -4.39. The number of hydrogen-bond acceptors (Lipinski definition) is 2. The molecule has 1 fully saturated rings. The van der Waals surface area contributed by atoms with E-state index >= 15 is 0 Å². The van der Waals surface area contributed by atoms with Crippen molar-refractivity contribution in [2.45, 2.75) is 25.1 Å². The number of alkyl halides is 3. The molecule has 2 aromatic carbocycles. The van der Waals surface area contributed by atoms with Crippen molar-refractivity contribution in [1.82, 2.24) is 10.6 Å². The van der Waals surface area contributed by atoms with Crippen molar-refractivity contribution >= 4 is 5.91 Å². The Balaban J connectivity index is 1.71.